The summed E-state index contributed by atoms with van der Waals surface area (Å²) in [5, 5.41) is 14.5. The van der Waals surface area contributed by atoms with Crippen LogP contribution in [0, 0.1) is 16.0 Å². The number of aromatic nitrogens is 1. The SMILES string of the molecule is O=[N+]([O-])c1c(OCCC2CCNC2)ccc2scnc12. The van der Waals surface area contributed by atoms with Crippen LogP contribution in [0.2, 0.25) is 0 Å². The van der Waals surface area contributed by atoms with Gasteiger partial charge in [0, 0.05) is 0 Å². The lowest BCUT2D eigenvalue weighted by Gasteiger charge is -2.10. The molecule has 1 aromatic heterocycles. The minimum Gasteiger partial charge on any atom is -0.487 e. The Kier molecular flexibility index (Phi) is 3.79. The van der Waals surface area contributed by atoms with E-state index in [-0.39, 0.29) is 5.69 Å². The van der Waals surface area contributed by atoms with Crippen molar-refractivity contribution in [3.8, 4) is 5.75 Å². The van der Waals surface area contributed by atoms with E-state index in [2.05, 4.69) is 10.3 Å². The largest absolute Gasteiger partial charge is 0.487 e. The van der Waals surface area contributed by atoms with E-state index >= 15 is 0 Å². The van der Waals surface area contributed by atoms with E-state index in [4.69, 9.17) is 4.74 Å². The second kappa shape index (κ2) is 5.72. The second-order valence-corrected chi connectivity index (χ2v) is 5.75. The molecule has 2 aromatic rings. The average molecular weight is 293 g/mol. The number of fused-ring (bicyclic) bond motifs is 1. The molecule has 1 aromatic carbocycles. The summed E-state index contributed by atoms with van der Waals surface area (Å²) in [5.41, 5.74) is 2.01. The van der Waals surface area contributed by atoms with Crippen LogP contribution < -0.4 is 10.1 Å². The fraction of sp³-hybridized carbons (Fsp3) is 0.462. The zero-order valence-electron chi connectivity index (χ0n) is 10.9. The molecule has 1 atom stereocenters. The highest BCUT2D eigenvalue weighted by molar-refractivity contribution is 7.16. The molecule has 3 rings (SSSR count). The predicted octanol–water partition coefficient (Wildman–Crippen LogP) is 2.58. The molecule has 0 aliphatic carbocycles. The first-order valence-corrected chi connectivity index (χ1v) is 7.48. The van der Waals surface area contributed by atoms with E-state index < -0.39 is 4.92 Å². The lowest BCUT2D eigenvalue weighted by Crippen LogP contribution is -2.12. The molecular weight excluding hydrogens is 278 g/mol. The number of nitro groups is 1. The third-order valence-corrected chi connectivity index (χ3v) is 4.36. The van der Waals surface area contributed by atoms with Crippen LogP contribution in [-0.2, 0) is 0 Å². The molecule has 20 heavy (non-hydrogen) atoms. The number of hydrogen-bond donors (Lipinski definition) is 1. The Balaban J connectivity index is 1.76. The van der Waals surface area contributed by atoms with Gasteiger partial charge in [0.25, 0.3) is 0 Å². The standard InChI is InChI=1S/C13H15N3O3S/c17-16(18)13-10(1-2-11-12(13)15-8-20-11)19-6-4-9-3-5-14-7-9/h1-2,8-9,14H,3-7H2. The van der Waals surface area contributed by atoms with E-state index in [1.54, 1.807) is 11.6 Å². The zero-order chi connectivity index (χ0) is 13.9. The number of hydrogen-bond acceptors (Lipinski definition) is 6. The Morgan fingerprint density at radius 1 is 1.55 bits per heavy atom. The lowest BCUT2D eigenvalue weighted by molar-refractivity contribution is -0.384. The van der Waals surface area contributed by atoms with Crippen molar-refractivity contribution in [1.29, 1.82) is 0 Å². The summed E-state index contributed by atoms with van der Waals surface area (Å²) in [4.78, 5) is 14.9. The van der Waals surface area contributed by atoms with E-state index in [1.165, 1.54) is 11.3 Å². The number of nitrogens with zero attached hydrogens (tertiary/aromatic N) is 2. The van der Waals surface area contributed by atoms with Crippen LogP contribution in [0.3, 0.4) is 0 Å². The third kappa shape index (κ3) is 2.59. The van der Waals surface area contributed by atoms with Crippen LogP contribution in [-0.4, -0.2) is 29.6 Å². The van der Waals surface area contributed by atoms with Crippen molar-refractivity contribution in [3.63, 3.8) is 0 Å². The van der Waals surface area contributed by atoms with Gasteiger partial charge in [-0.3, -0.25) is 10.1 Å². The van der Waals surface area contributed by atoms with Crippen LogP contribution >= 0.6 is 11.3 Å². The molecule has 0 amide bonds. The highest BCUT2D eigenvalue weighted by Gasteiger charge is 2.22. The number of thiazole rings is 1. The first kappa shape index (κ1) is 13.3. The van der Waals surface area contributed by atoms with Crippen molar-refractivity contribution in [3.05, 3.63) is 27.8 Å². The number of nitro benzene ring substituents is 1. The first-order valence-electron chi connectivity index (χ1n) is 6.60. The Morgan fingerprint density at radius 3 is 3.20 bits per heavy atom. The van der Waals surface area contributed by atoms with E-state index in [0.717, 1.165) is 30.6 Å². The smallest absolute Gasteiger partial charge is 0.337 e. The monoisotopic (exact) mass is 293 g/mol. The van der Waals surface area contributed by atoms with Gasteiger partial charge >= 0.3 is 5.69 Å². The molecule has 1 aliphatic rings. The topological polar surface area (TPSA) is 77.3 Å². The summed E-state index contributed by atoms with van der Waals surface area (Å²) in [6.45, 7) is 2.56. The van der Waals surface area contributed by atoms with Crippen LogP contribution in [0.1, 0.15) is 12.8 Å². The second-order valence-electron chi connectivity index (χ2n) is 4.86. The summed E-state index contributed by atoms with van der Waals surface area (Å²) in [6.07, 6.45) is 2.07. The Labute approximate surface area is 119 Å². The van der Waals surface area contributed by atoms with Crippen molar-refractivity contribution >= 4 is 27.2 Å². The highest BCUT2D eigenvalue weighted by Crippen LogP contribution is 2.36. The van der Waals surface area contributed by atoms with Crippen molar-refractivity contribution in [2.45, 2.75) is 12.8 Å². The maximum absolute atomic E-state index is 11.2. The summed E-state index contributed by atoms with van der Waals surface area (Å²) in [6, 6.07) is 3.50. The van der Waals surface area contributed by atoms with Gasteiger partial charge < -0.3 is 10.1 Å². The minimum absolute atomic E-state index is 0.0201. The molecule has 0 bridgehead atoms. The average Bonchev–Trinajstić information content (AvgIpc) is 3.07. The summed E-state index contributed by atoms with van der Waals surface area (Å²) in [7, 11) is 0. The maximum Gasteiger partial charge on any atom is 0.337 e. The van der Waals surface area contributed by atoms with Gasteiger partial charge in [-0.25, -0.2) is 4.98 Å². The van der Waals surface area contributed by atoms with Crippen LogP contribution in [0.4, 0.5) is 5.69 Å². The molecule has 6 nitrogen and oxygen atoms in total. The Morgan fingerprint density at radius 2 is 2.45 bits per heavy atom. The van der Waals surface area contributed by atoms with Gasteiger partial charge in [0.15, 0.2) is 11.3 Å². The van der Waals surface area contributed by atoms with Crippen molar-refractivity contribution in [2.24, 2.45) is 5.92 Å². The molecule has 7 heteroatoms. The summed E-state index contributed by atoms with van der Waals surface area (Å²) >= 11 is 1.39. The molecule has 1 N–H and O–H groups in total. The normalized spacial score (nSPS) is 18.5. The summed E-state index contributed by atoms with van der Waals surface area (Å²) < 4.78 is 6.44. The molecule has 0 spiro atoms. The molecular formula is C13H15N3O3S. The molecule has 106 valence electrons. The molecule has 0 saturated carbocycles. The number of rotatable bonds is 5. The predicted molar refractivity (Wildman–Crippen MR) is 77.4 cm³/mol. The van der Waals surface area contributed by atoms with Crippen LogP contribution in [0.15, 0.2) is 17.6 Å². The number of nitrogens with one attached hydrogen (secondary N) is 1. The van der Waals surface area contributed by atoms with Crippen LogP contribution in [0.5, 0.6) is 5.75 Å². The van der Waals surface area contributed by atoms with Gasteiger partial charge in [-0.15, -0.1) is 11.3 Å². The zero-order valence-corrected chi connectivity index (χ0v) is 11.7. The fourth-order valence-electron chi connectivity index (χ4n) is 2.49. The van der Waals surface area contributed by atoms with Gasteiger partial charge in [-0.1, -0.05) is 0 Å². The van der Waals surface area contributed by atoms with Crippen LogP contribution in [0.25, 0.3) is 10.2 Å². The van der Waals surface area contributed by atoms with Gasteiger partial charge in [0.1, 0.15) is 0 Å². The molecule has 1 unspecified atom stereocenters. The molecule has 1 aliphatic heterocycles. The molecule has 0 radical (unpaired) electrons. The van der Waals surface area contributed by atoms with Gasteiger partial charge in [-0.2, -0.15) is 0 Å². The molecule has 1 fully saturated rings. The summed E-state index contributed by atoms with van der Waals surface area (Å²) in [5.74, 6) is 0.927. The van der Waals surface area contributed by atoms with Gasteiger partial charge in [0.05, 0.1) is 21.7 Å². The van der Waals surface area contributed by atoms with Crippen molar-refractivity contribution in [1.82, 2.24) is 10.3 Å². The fourth-order valence-corrected chi connectivity index (χ4v) is 3.17. The Hall–Kier alpha value is -1.73. The van der Waals surface area contributed by atoms with Crippen molar-refractivity contribution < 1.29 is 9.66 Å². The number of ether oxygens (including phenoxy) is 1. The maximum atomic E-state index is 11.2. The van der Waals surface area contributed by atoms with Crippen molar-refractivity contribution in [2.75, 3.05) is 19.7 Å². The van der Waals surface area contributed by atoms with E-state index in [0.29, 0.717) is 23.8 Å². The van der Waals surface area contributed by atoms with E-state index in [1.807, 2.05) is 6.07 Å². The minimum atomic E-state index is -0.408. The highest BCUT2D eigenvalue weighted by atomic mass is 32.1. The number of benzene rings is 1. The van der Waals surface area contributed by atoms with Gasteiger partial charge in [0.2, 0.25) is 0 Å². The van der Waals surface area contributed by atoms with Gasteiger partial charge in [-0.05, 0) is 44.0 Å². The lowest BCUT2D eigenvalue weighted by atomic mass is 10.1. The molecule has 2 heterocycles. The van der Waals surface area contributed by atoms with E-state index in [9.17, 15) is 10.1 Å². The molecule has 1 saturated heterocycles. The third-order valence-electron chi connectivity index (χ3n) is 3.57. The quantitative estimate of drug-likeness (QED) is 0.677. The first-order chi connectivity index (χ1) is 9.75. The Bertz CT molecular complexity index is 622.